The molecule has 0 saturated heterocycles. The summed E-state index contributed by atoms with van der Waals surface area (Å²) >= 11 is 0. The van der Waals surface area contributed by atoms with Crippen LogP contribution in [0.4, 0.5) is 10.1 Å². The quantitative estimate of drug-likeness (QED) is 0.803. The van der Waals surface area contributed by atoms with Gasteiger partial charge in [0, 0.05) is 12.7 Å². The van der Waals surface area contributed by atoms with Crippen LogP contribution in [0.15, 0.2) is 48.8 Å². The molecule has 2 aromatic carbocycles. The average molecular weight is 283 g/mol. The molecule has 0 atom stereocenters. The number of hydrogen-bond acceptors (Lipinski definition) is 2. The fourth-order valence-electron chi connectivity index (χ4n) is 2.25. The Kier molecular flexibility index (Phi) is 3.39. The molecule has 0 spiro atoms. The molecule has 0 fully saturated rings. The number of imidazole rings is 1. The van der Waals surface area contributed by atoms with E-state index in [1.807, 2.05) is 29.8 Å². The monoisotopic (exact) mass is 283 g/mol. The number of nitrogens with one attached hydrogen (secondary N) is 1. The molecule has 0 aliphatic heterocycles. The molecule has 0 bridgehead atoms. The van der Waals surface area contributed by atoms with Crippen molar-refractivity contribution in [3.05, 3.63) is 60.2 Å². The van der Waals surface area contributed by atoms with Gasteiger partial charge in [0.2, 0.25) is 5.91 Å². The summed E-state index contributed by atoms with van der Waals surface area (Å²) < 4.78 is 15.0. The molecular weight excluding hydrogens is 269 g/mol. The van der Waals surface area contributed by atoms with Gasteiger partial charge in [0.15, 0.2) is 0 Å². The molecule has 1 aromatic heterocycles. The molecule has 5 heteroatoms. The van der Waals surface area contributed by atoms with Crippen molar-refractivity contribution in [2.45, 2.75) is 6.42 Å². The Morgan fingerprint density at radius 1 is 1.29 bits per heavy atom. The van der Waals surface area contributed by atoms with Crippen molar-refractivity contribution in [1.82, 2.24) is 9.55 Å². The lowest BCUT2D eigenvalue weighted by Crippen LogP contribution is -2.14. The molecule has 0 saturated carbocycles. The van der Waals surface area contributed by atoms with E-state index in [2.05, 4.69) is 10.3 Å². The van der Waals surface area contributed by atoms with Gasteiger partial charge in [-0.1, -0.05) is 12.1 Å². The van der Waals surface area contributed by atoms with Gasteiger partial charge in [-0.15, -0.1) is 0 Å². The van der Waals surface area contributed by atoms with Crippen molar-refractivity contribution < 1.29 is 9.18 Å². The van der Waals surface area contributed by atoms with Crippen molar-refractivity contribution in [2.24, 2.45) is 7.05 Å². The van der Waals surface area contributed by atoms with E-state index in [1.54, 1.807) is 18.5 Å². The molecular formula is C16H14FN3O. The number of amides is 1. The summed E-state index contributed by atoms with van der Waals surface area (Å²) in [7, 11) is 1.92. The zero-order chi connectivity index (χ0) is 14.8. The number of carbonyl (C=O) groups is 1. The molecule has 1 N–H and O–H groups in total. The smallest absolute Gasteiger partial charge is 0.228 e. The van der Waals surface area contributed by atoms with Crippen LogP contribution >= 0.6 is 0 Å². The van der Waals surface area contributed by atoms with E-state index >= 15 is 0 Å². The van der Waals surface area contributed by atoms with E-state index in [4.69, 9.17) is 0 Å². The van der Waals surface area contributed by atoms with Gasteiger partial charge in [0.25, 0.3) is 0 Å². The summed E-state index contributed by atoms with van der Waals surface area (Å²) in [5, 5.41) is 2.68. The molecule has 4 nitrogen and oxygen atoms in total. The SMILES string of the molecule is Cn1cnc2cc(CC(=O)Nc3cccc(F)c3)ccc21. The summed E-state index contributed by atoms with van der Waals surface area (Å²) in [5.74, 6) is -0.557. The van der Waals surface area contributed by atoms with Gasteiger partial charge < -0.3 is 9.88 Å². The second kappa shape index (κ2) is 5.36. The highest BCUT2D eigenvalue weighted by Gasteiger charge is 2.07. The molecule has 106 valence electrons. The van der Waals surface area contributed by atoms with Gasteiger partial charge >= 0.3 is 0 Å². The summed E-state index contributed by atoms with van der Waals surface area (Å²) in [4.78, 5) is 16.2. The minimum Gasteiger partial charge on any atom is -0.334 e. The third kappa shape index (κ3) is 2.91. The Morgan fingerprint density at radius 2 is 2.14 bits per heavy atom. The normalized spacial score (nSPS) is 10.8. The topological polar surface area (TPSA) is 46.9 Å². The second-order valence-electron chi connectivity index (χ2n) is 4.91. The Balaban J connectivity index is 1.73. The minimum absolute atomic E-state index is 0.184. The van der Waals surface area contributed by atoms with Gasteiger partial charge in [0.05, 0.1) is 23.8 Å². The fraction of sp³-hybridized carbons (Fsp3) is 0.125. The van der Waals surface area contributed by atoms with Crippen molar-refractivity contribution in [3.63, 3.8) is 0 Å². The Hall–Kier alpha value is -2.69. The zero-order valence-electron chi connectivity index (χ0n) is 11.5. The van der Waals surface area contributed by atoms with E-state index in [1.165, 1.54) is 12.1 Å². The van der Waals surface area contributed by atoms with E-state index < -0.39 is 0 Å². The summed E-state index contributed by atoms with van der Waals surface area (Å²) in [6.07, 6.45) is 1.96. The van der Waals surface area contributed by atoms with Gasteiger partial charge in [-0.05, 0) is 35.9 Å². The average Bonchev–Trinajstić information content (AvgIpc) is 2.80. The lowest BCUT2D eigenvalue weighted by atomic mass is 10.1. The molecule has 1 amide bonds. The lowest BCUT2D eigenvalue weighted by molar-refractivity contribution is -0.115. The van der Waals surface area contributed by atoms with Crippen LogP contribution in [0.2, 0.25) is 0 Å². The van der Waals surface area contributed by atoms with Crippen molar-refractivity contribution >= 4 is 22.6 Å². The van der Waals surface area contributed by atoms with Gasteiger partial charge in [-0.3, -0.25) is 4.79 Å². The highest BCUT2D eigenvalue weighted by atomic mass is 19.1. The lowest BCUT2D eigenvalue weighted by Gasteiger charge is -2.05. The first kappa shape index (κ1) is 13.3. The number of anilines is 1. The van der Waals surface area contributed by atoms with E-state index in [9.17, 15) is 9.18 Å². The Labute approximate surface area is 121 Å². The molecule has 3 rings (SSSR count). The summed E-state index contributed by atoms with van der Waals surface area (Å²) in [6.45, 7) is 0. The number of nitrogens with zero attached hydrogens (tertiary/aromatic N) is 2. The first-order chi connectivity index (χ1) is 10.1. The van der Waals surface area contributed by atoms with Crippen LogP contribution in [0.25, 0.3) is 11.0 Å². The van der Waals surface area contributed by atoms with Crippen LogP contribution in [-0.4, -0.2) is 15.5 Å². The van der Waals surface area contributed by atoms with Crippen molar-refractivity contribution in [2.75, 3.05) is 5.32 Å². The van der Waals surface area contributed by atoms with Gasteiger partial charge in [-0.25, -0.2) is 9.37 Å². The van der Waals surface area contributed by atoms with E-state index in [-0.39, 0.29) is 18.1 Å². The molecule has 21 heavy (non-hydrogen) atoms. The Morgan fingerprint density at radius 3 is 2.95 bits per heavy atom. The third-order valence-corrected chi connectivity index (χ3v) is 3.26. The summed E-state index contributed by atoms with van der Waals surface area (Å²) in [5.41, 5.74) is 3.20. The minimum atomic E-state index is -0.372. The number of rotatable bonds is 3. The predicted molar refractivity (Wildman–Crippen MR) is 79.4 cm³/mol. The summed E-state index contributed by atoms with van der Waals surface area (Å²) in [6, 6.07) is 11.6. The van der Waals surface area contributed by atoms with E-state index in [0.29, 0.717) is 5.69 Å². The van der Waals surface area contributed by atoms with Crippen LogP contribution in [-0.2, 0) is 18.3 Å². The maximum absolute atomic E-state index is 13.1. The standard InChI is InChI=1S/C16H14FN3O/c1-20-10-18-14-7-11(5-6-15(14)20)8-16(21)19-13-4-2-3-12(17)9-13/h2-7,9-10H,8H2,1H3,(H,19,21). The van der Waals surface area contributed by atoms with Crippen molar-refractivity contribution in [1.29, 1.82) is 0 Å². The third-order valence-electron chi connectivity index (χ3n) is 3.26. The van der Waals surface area contributed by atoms with Crippen LogP contribution in [0, 0.1) is 5.82 Å². The number of benzene rings is 2. The number of aromatic nitrogens is 2. The maximum Gasteiger partial charge on any atom is 0.228 e. The van der Waals surface area contributed by atoms with Gasteiger partial charge in [0.1, 0.15) is 5.82 Å². The first-order valence-electron chi connectivity index (χ1n) is 6.57. The molecule has 0 unspecified atom stereocenters. The highest BCUT2D eigenvalue weighted by Crippen LogP contribution is 2.15. The molecule has 0 aliphatic carbocycles. The first-order valence-corrected chi connectivity index (χ1v) is 6.57. The van der Waals surface area contributed by atoms with E-state index in [0.717, 1.165) is 16.6 Å². The van der Waals surface area contributed by atoms with Gasteiger partial charge in [-0.2, -0.15) is 0 Å². The fourth-order valence-corrected chi connectivity index (χ4v) is 2.25. The second-order valence-corrected chi connectivity index (χ2v) is 4.91. The number of aryl methyl sites for hydroxylation is 1. The molecule has 3 aromatic rings. The maximum atomic E-state index is 13.1. The largest absolute Gasteiger partial charge is 0.334 e. The molecule has 1 heterocycles. The number of carbonyl (C=O) groups excluding carboxylic acids is 1. The van der Waals surface area contributed by atoms with Crippen LogP contribution < -0.4 is 5.32 Å². The highest BCUT2D eigenvalue weighted by molar-refractivity contribution is 5.92. The molecule has 0 aliphatic rings. The molecule has 0 radical (unpaired) electrons. The van der Waals surface area contributed by atoms with Crippen LogP contribution in [0.5, 0.6) is 0 Å². The van der Waals surface area contributed by atoms with Crippen molar-refractivity contribution in [3.8, 4) is 0 Å². The number of hydrogen-bond donors (Lipinski definition) is 1. The predicted octanol–water partition coefficient (Wildman–Crippen LogP) is 2.89. The number of halogens is 1. The van der Waals surface area contributed by atoms with Crippen LogP contribution in [0.3, 0.4) is 0 Å². The number of fused-ring (bicyclic) bond motifs is 1. The Bertz CT molecular complexity index is 810. The zero-order valence-corrected chi connectivity index (χ0v) is 11.5. The van der Waals surface area contributed by atoms with Crippen LogP contribution in [0.1, 0.15) is 5.56 Å².